The number of benzene rings is 1. The van der Waals surface area contributed by atoms with Crippen molar-refractivity contribution in [3.63, 3.8) is 0 Å². The number of amides is 1. The van der Waals surface area contributed by atoms with Crippen molar-refractivity contribution in [1.29, 1.82) is 0 Å². The van der Waals surface area contributed by atoms with E-state index in [-0.39, 0.29) is 17.9 Å². The van der Waals surface area contributed by atoms with Gasteiger partial charge < -0.3 is 9.88 Å². The Kier molecular flexibility index (Phi) is 5.92. The van der Waals surface area contributed by atoms with Crippen molar-refractivity contribution in [3.05, 3.63) is 57.3 Å². The van der Waals surface area contributed by atoms with E-state index >= 15 is 0 Å². The molecule has 0 spiro atoms. The maximum atomic E-state index is 12.5. The van der Waals surface area contributed by atoms with Crippen LogP contribution in [0.5, 0.6) is 0 Å². The highest BCUT2D eigenvalue weighted by Crippen LogP contribution is 2.13. The molecule has 1 aromatic carbocycles. The van der Waals surface area contributed by atoms with Crippen LogP contribution < -0.4 is 10.9 Å². The fraction of sp³-hybridized carbons (Fsp3) is 0.429. The van der Waals surface area contributed by atoms with Gasteiger partial charge in [0.25, 0.3) is 5.56 Å². The number of para-hydroxylation sites is 2. The minimum absolute atomic E-state index is 0.0661. The van der Waals surface area contributed by atoms with Gasteiger partial charge in [-0.15, -0.1) is 0 Å². The lowest BCUT2D eigenvalue weighted by molar-refractivity contribution is -0.121. The first-order valence-electron chi connectivity index (χ1n) is 9.68. The molecule has 0 aliphatic heterocycles. The van der Waals surface area contributed by atoms with E-state index in [2.05, 4.69) is 29.2 Å². The van der Waals surface area contributed by atoms with Crippen molar-refractivity contribution in [2.24, 2.45) is 0 Å². The molecule has 0 saturated heterocycles. The molecule has 2 aromatic heterocycles. The average Bonchev–Trinajstić information content (AvgIpc) is 2.96. The van der Waals surface area contributed by atoms with Gasteiger partial charge in [0.1, 0.15) is 5.69 Å². The minimum atomic E-state index is -0.148. The fourth-order valence-corrected chi connectivity index (χ4v) is 3.57. The molecule has 0 atom stereocenters. The Hall–Kier alpha value is -2.96. The minimum Gasteiger partial charge on any atom is -0.356 e. The van der Waals surface area contributed by atoms with E-state index in [9.17, 15) is 9.59 Å². The van der Waals surface area contributed by atoms with Crippen molar-refractivity contribution >= 4 is 16.9 Å². The first-order chi connectivity index (χ1) is 13.4. The van der Waals surface area contributed by atoms with Gasteiger partial charge in [0, 0.05) is 31.7 Å². The Bertz CT molecular complexity index is 1060. The van der Waals surface area contributed by atoms with E-state index < -0.39 is 0 Å². The molecule has 2 heterocycles. The topological polar surface area (TPSA) is 81.8 Å². The number of aromatic nitrogens is 4. The summed E-state index contributed by atoms with van der Waals surface area (Å²) in [5, 5.41) is 7.47. The number of fused-ring (bicyclic) bond motifs is 1. The van der Waals surface area contributed by atoms with Crippen molar-refractivity contribution in [3.8, 4) is 0 Å². The molecule has 148 valence electrons. The first kappa shape index (κ1) is 19.8. The van der Waals surface area contributed by atoms with Gasteiger partial charge in [-0.2, -0.15) is 5.10 Å². The second-order valence-electron chi connectivity index (χ2n) is 6.96. The van der Waals surface area contributed by atoms with Crippen LogP contribution in [0.25, 0.3) is 11.0 Å². The highest BCUT2D eigenvalue weighted by molar-refractivity contribution is 5.77. The van der Waals surface area contributed by atoms with Gasteiger partial charge >= 0.3 is 0 Å². The summed E-state index contributed by atoms with van der Waals surface area (Å²) in [4.78, 5) is 29.1. The normalized spacial score (nSPS) is 11.1. The molecule has 0 unspecified atom stereocenters. The monoisotopic (exact) mass is 381 g/mol. The molecule has 0 bridgehead atoms. The molecule has 0 saturated carbocycles. The van der Waals surface area contributed by atoms with E-state index in [1.807, 2.05) is 35.9 Å². The lowest BCUT2D eigenvalue weighted by Crippen LogP contribution is -2.30. The van der Waals surface area contributed by atoms with E-state index in [1.165, 1.54) is 5.56 Å². The van der Waals surface area contributed by atoms with E-state index in [0.29, 0.717) is 18.8 Å². The molecule has 1 amide bonds. The summed E-state index contributed by atoms with van der Waals surface area (Å²) in [6.07, 6.45) is 1.00. The molecule has 0 fully saturated rings. The summed E-state index contributed by atoms with van der Waals surface area (Å²) in [7, 11) is 0. The van der Waals surface area contributed by atoms with E-state index in [1.54, 1.807) is 11.5 Å². The highest BCUT2D eigenvalue weighted by atomic mass is 16.1. The summed E-state index contributed by atoms with van der Waals surface area (Å²) in [5.41, 5.74) is 5.17. The second-order valence-corrected chi connectivity index (χ2v) is 6.96. The molecule has 1 N–H and O–H groups in total. The lowest BCUT2D eigenvalue weighted by atomic mass is 10.1. The molecule has 7 heteroatoms. The largest absolute Gasteiger partial charge is 0.356 e. The van der Waals surface area contributed by atoms with Crippen LogP contribution >= 0.6 is 0 Å². The Morgan fingerprint density at radius 2 is 1.89 bits per heavy atom. The van der Waals surface area contributed by atoms with Crippen LogP contribution in [0.3, 0.4) is 0 Å². The first-order valence-corrected chi connectivity index (χ1v) is 9.68. The Balaban J connectivity index is 1.61. The lowest BCUT2D eigenvalue weighted by Gasteiger charge is -2.11. The number of nitrogens with one attached hydrogen (secondary N) is 1. The van der Waals surface area contributed by atoms with Crippen LogP contribution in [0.4, 0.5) is 0 Å². The Morgan fingerprint density at radius 3 is 2.61 bits per heavy atom. The van der Waals surface area contributed by atoms with Crippen molar-refractivity contribution in [2.75, 3.05) is 6.54 Å². The predicted molar refractivity (Wildman–Crippen MR) is 109 cm³/mol. The van der Waals surface area contributed by atoms with Gasteiger partial charge in [-0.05, 0) is 51.8 Å². The third kappa shape index (κ3) is 3.98. The third-order valence-corrected chi connectivity index (χ3v) is 5.11. The number of hydrogen-bond donors (Lipinski definition) is 1. The van der Waals surface area contributed by atoms with Gasteiger partial charge in [-0.3, -0.25) is 14.3 Å². The van der Waals surface area contributed by atoms with Crippen molar-refractivity contribution < 1.29 is 4.79 Å². The molecule has 28 heavy (non-hydrogen) atoms. The highest BCUT2D eigenvalue weighted by Gasteiger charge is 2.12. The molecule has 0 aliphatic rings. The van der Waals surface area contributed by atoms with Gasteiger partial charge in [0.2, 0.25) is 5.91 Å². The molecule has 0 aliphatic carbocycles. The van der Waals surface area contributed by atoms with E-state index in [0.717, 1.165) is 35.4 Å². The number of carbonyl (C=O) groups excluding carboxylic acids is 1. The zero-order valence-corrected chi connectivity index (χ0v) is 17.0. The van der Waals surface area contributed by atoms with Crippen LogP contribution in [-0.2, 0) is 24.3 Å². The molecule has 0 radical (unpaired) electrons. The second kappa shape index (κ2) is 8.37. The average molecular weight is 381 g/mol. The van der Waals surface area contributed by atoms with Gasteiger partial charge in [-0.1, -0.05) is 12.1 Å². The fourth-order valence-electron chi connectivity index (χ4n) is 3.57. The van der Waals surface area contributed by atoms with Crippen molar-refractivity contribution in [2.45, 2.75) is 53.6 Å². The number of nitrogens with zero attached hydrogens (tertiary/aromatic N) is 4. The number of rotatable bonds is 7. The van der Waals surface area contributed by atoms with Crippen LogP contribution in [0, 0.1) is 20.8 Å². The molecule has 3 aromatic rings. The third-order valence-electron chi connectivity index (χ3n) is 5.11. The Morgan fingerprint density at radius 1 is 1.14 bits per heavy atom. The zero-order chi connectivity index (χ0) is 20.3. The summed E-state index contributed by atoms with van der Waals surface area (Å²) >= 11 is 0. The summed E-state index contributed by atoms with van der Waals surface area (Å²) in [6, 6.07) is 7.49. The standard InChI is InChI=1S/C21H27N5O2/c1-5-26-16(4)17(14(2)24-26)10-12-22-20(27)11-13-25-19-9-7-6-8-18(19)23-15(3)21(25)28/h6-9H,5,10-13H2,1-4H3,(H,22,27). The van der Waals surface area contributed by atoms with Crippen LogP contribution in [0.15, 0.2) is 29.1 Å². The number of hydrogen-bond acceptors (Lipinski definition) is 4. The van der Waals surface area contributed by atoms with Crippen LogP contribution in [-0.4, -0.2) is 31.8 Å². The quantitative estimate of drug-likeness (QED) is 0.681. The van der Waals surface area contributed by atoms with Gasteiger partial charge in [0.05, 0.1) is 16.7 Å². The molecular weight excluding hydrogens is 354 g/mol. The summed E-state index contributed by atoms with van der Waals surface area (Å²) < 4.78 is 3.62. The number of aryl methyl sites for hydroxylation is 4. The van der Waals surface area contributed by atoms with Gasteiger partial charge in [0.15, 0.2) is 0 Å². The van der Waals surface area contributed by atoms with E-state index in [4.69, 9.17) is 0 Å². The Labute approximate surface area is 164 Å². The predicted octanol–water partition coefficient (Wildman–Crippen LogP) is 2.29. The van der Waals surface area contributed by atoms with Crippen molar-refractivity contribution in [1.82, 2.24) is 24.6 Å². The SMILES string of the molecule is CCn1nc(C)c(CCNC(=O)CCn2c(=O)c(C)nc3ccccc32)c1C. The maximum Gasteiger partial charge on any atom is 0.272 e. The molecule has 3 rings (SSSR count). The molecule has 7 nitrogen and oxygen atoms in total. The smallest absolute Gasteiger partial charge is 0.272 e. The number of carbonyl (C=O) groups is 1. The maximum absolute atomic E-state index is 12.5. The molecular formula is C21H27N5O2. The van der Waals surface area contributed by atoms with Crippen LogP contribution in [0.2, 0.25) is 0 Å². The summed E-state index contributed by atoms with van der Waals surface area (Å²) in [6.45, 7) is 9.56. The van der Waals surface area contributed by atoms with Crippen LogP contribution in [0.1, 0.15) is 36.0 Å². The van der Waals surface area contributed by atoms with Gasteiger partial charge in [-0.25, -0.2) is 4.98 Å². The summed E-state index contributed by atoms with van der Waals surface area (Å²) in [5.74, 6) is -0.0661. The zero-order valence-electron chi connectivity index (χ0n) is 17.0.